The topological polar surface area (TPSA) is 116 Å². The maximum Gasteiger partial charge on any atom is 0.322 e. The molecule has 1 aromatic carbocycles. The molecule has 2 amide bonds. The van der Waals surface area contributed by atoms with E-state index in [1.165, 1.54) is 6.07 Å². The van der Waals surface area contributed by atoms with E-state index in [2.05, 4.69) is 5.32 Å². The molecule has 19 heavy (non-hydrogen) atoms. The highest BCUT2D eigenvalue weighted by atomic mass is 19.1. The molecule has 0 aliphatic rings. The van der Waals surface area contributed by atoms with Crippen molar-refractivity contribution in [3.8, 4) is 5.75 Å². The lowest BCUT2D eigenvalue weighted by Crippen LogP contribution is -2.39. The van der Waals surface area contributed by atoms with Crippen LogP contribution < -0.4 is 10.6 Å². The number of benzene rings is 1. The summed E-state index contributed by atoms with van der Waals surface area (Å²) in [6.07, 6.45) is 0. The Morgan fingerprint density at radius 1 is 1.16 bits per heavy atom. The number of nitrogens with one attached hydrogen (secondary N) is 2. The minimum Gasteiger partial charge on any atom is -0.507 e. The zero-order valence-electron chi connectivity index (χ0n) is 9.64. The number of rotatable bonds is 5. The number of carboxylic acid groups (broad SMARTS) is 1. The fourth-order valence-corrected chi connectivity index (χ4v) is 1.22. The third kappa shape index (κ3) is 4.26. The predicted molar refractivity (Wildman–Crippen MR) is 61.0 cm³/mol. The SMILES string of the molecule is O=C(O)CNC(=O)CNC(=O)c1c(O)cccc1F. The molecule has 4 N–H and O–H groups in total. The lowest BCUT2D eigenvalue weighted by atomic mass is 10.1. The van der Waals surface area contributed by atoms with Crippen molar-refractivity contribution >= 4 is 17.8 Å². The van der Waals surface area contributed by atoms with Gasteiger partial charge in [-0.3, -0.25) is 14.4 Å². The zero-order chi connectivity index (χ0) is 14.4. The molecule has 0 bridgehead atoms. The van der Waals surface area contributed by atoms with Gasteiger partial charge in [0, 0.05) is 0 Å². The molecule has 0 fully saturated rings. The van der Waals surface area contributed by atoms with Crippen LogP contribution in [0, 0.1) is 5.82 Å². The van der Waals surface area contributed by atoms with E-state index in [0.29, 0.717) is 0 Å². The summed E-state index contributed by atoms with van der Waals surface area (Å²) in [5.74, 6) is -4.43. The predicted octanol–water partition coefficient (Wildman–Crippen LogP) is -0.538. The number of amides is 2. The largest absolute Gasteiger partial charge is 0.507 e. The number of carboxylic acids is 1. The maximum atomic E-state index is 13.3. The van der Waals surface area contributed by atoms with Gasteiger partial charge in [0.2, 0.25) is 5.91 Å². The van der Waals surface area contributed by atoms with Crippen molar-refractivity contribution in [3.63, 3.8) is 0 Å². The van der Waals surface area contributed by atoms with Crippen LogP contribution >= 0.6 is 0 Å². The van der Waals surface area contributed by atoms with Gasteiger partial charge >= 0.3 is 5.97 Å². The molecular formula is C11H11FN2O5. The first-order chi connectivity index (χ1) is 8.91. The fourth-order valence-electron chi connectivity index (χ4n) is 1.22. The Balaban J connectivity index is 2.56. The lowest BCUT2D eigenvalue weighted by molar-refractivity contribution is -0.137. The van der Waals surface area contributed by atoms with Crippen LogP contribution in [0.15, 0.2) is 18.2 Å². The van der Waals surface area contributed by atoms with Gasteiger partial charge in [-0.05, 0) is 12.1 Å². The van der Waals surface area contributed by atoms with Gasteiger partial charge in [0.25, 0.3) is 5.91 Å². The van der Waals surface area contributed by atoms with Crippen LogP contribution in [-0.4, -0.2) is 41.1 Å². The van der Waals surface area contributed by atoms with Gasteiger partial charge in [0.05, 0.1) is 6.54 Å². The molecule has 0 aliphatic carbocycles. The van der Waals surface area contributed by atoms with Crippen LogP contribution in [0.4, 0.5) is 4.39 Å². The summed E-state index contributed by atoms with van der Waals surface area (Å²) in [6, 6.07) is 3.34. The molecule has 1 aromatic rings. The lowest BCUT2D eigenvalue weighted by Gasteiger charge is -2.07. The van der Waals surface area contributed by atoms with Crippen molar-refractivity contribution < 1.29 is 29.0 Å². The van der Waals surface area contributed by atoms with E-state index in [4.69, 9.17) is 5.11 Å². The Morgan fingerprint density at radius 2 is 1.84 bits per heavy atom. The number of phenolic OH excluding ortho intramolecular Hbond substituents is 1. The molecule has 0 saturated carbocycles. The third-order valence-electron chi connectivity index (χ3n) is 2.06. The third-order valence-corrected chi connectivity index (χ3v) is 2.06. The smallest absolute Gasteiger partial charge is 0.322 e. The summed E-state index contributed by atoms with van der Waals surface area (Å²) >= 11 is 0. The summed E-state index contributed by atoms with van der Waals surface area (Å²) in [6.45, 7) is -1.11. The van der Waals surface area contributed by atoms with E-state index in [1.54, 1.807) is 0 Å². The zero-order valence-corrected chi connectivity index (χ0v) is 9.64. The van der Waals surface area contributed by atoms with Crippen molar-refractivity contribution in [2.75, 3.05) is 13.1 Å². The van der Waals surface area contributed by atoms with Crippen molar-refractivity contribution in [2.24, 2.45) is 0 Å². The second-order valence-corrected chi connectivity index (χ2v) is 3.49. The second kappa shape index (κ2) is 6.34. The van der Waals surface area contributed by atoms with Crippen LogP contribution in [0.3, 0.4) is 0 Å². The Hall–Kier alpha value is -2.64. The van der Waals surface area contributed by atoms with Gasteiger partial charge in [-0.2, -0.15) is 0 Å². The summed E-state index contributed by atoms with van der Waals surface area (Å²) in [5.41, 5.74) is -0.575. The minimum absolute atomic E-state index is 0.528. The molecule has 0 unspecified atom stereocenters. The van der Waals surface area contributed by atoms with E-state index in [1.807, 2.05) is 5.32 Å². The highest BCUT2D eigenvalue weighted by molar-refractivity contribution is 5.99. The molecule has 0 saturated heterocycles. The van der Waals surface area contributed by atoms with Crippen LogP contribution in [0.25, 0.3) is 0 Å². The highest BCUT2D eigenvalue weighted by Gasteiger charge is 2.17. The number of hydrogen-bond acceptors (Lipinski definition) is 4. The van der Waals surface area contributed by atoms with E-state index in [9.17, 15) is 23.9 Å². The number of phenols is 1. The summed E-state index contributed by atoms with van der Waals surface area (Å²) in [4.78, 5) is 32.8. The molecule has 7 nitrogen and oxygen atoms in total. The minimum atomic E-state index is -1.23. The Labute approximate surface area is 107 Å². The molecule has 8 heteroatoms. The van der Waals surface area contributed by atoms with Crippen LogP contribution in [-0.2, 0) is 9.59 Å². The van der Waals surface area contributed by atoms with E-state index in [-0.39, 0.29) is 0 Å². The Kier molecular flexibility index (Phi) is 4.81. The van der Waals surface area contributed by atoms with Crippen molar-refractivity contribution in [1.29, 1.82) is 0 Å². The van der Waals surface area contributed by atoms with E-state index < -0.39 is 48.0 Å². The quantitative estimate of drug-likeness (QED) is 0.573. The number of carbonyl (C=O) groups excluding carboxylic acids is 2. The number of hydrogen-bond donors (Lipinski definition) is 4. The molecule has 1 rings (SSSR count). The molecule has 0 aromatic heterocycles. The molecule has 0 heterocycles. The number of aliphatic carboxylic acids is 1. The Bertz CT molecular complexity index is 498. The van der Waals surface area contributed by atoms with Crippen LogP contribution in [0.1, 0.15) is 10.4 Å². The van der Waals surface area contributed by atoms with Crippen LogP contribution in [0.2, 0.25) is 0 Å². The monoisotopic (exact) mass is 270 g/mol. The first-order valence-electron chi connectivity index (χ1n) is 5.16. The van der Waals surface area contributed by atoms with Crippen molar-refractivity contribution in [2.45, 2.75) is 0 Å². The van der Waals surface area contributed by atoms with E-state index in [0.717, 1.165) is 12.1 Å². The number of aromatic hydroxyl groups is 1. The molecule has 102 valence electrons. The van der Waals surface area contributed by atoms with E-state index >= 15 is 0 Å². The molecule has 0 spiro atoms. The van der Waals surface area contributed by atoms with Crippen molar-refractivity contribution in [1.82, 2.24) is 10.6 Å². The first-order valence-corrected chi connectivity index (χ1v) is 5.16. The number of halogens is 1. The molecule has 0 atom stereocenters. The summed E-state index contributed by atoms with van der Waals surface area (Å²) in [7, 11) is 0. The standard InChI is InChI=1S/C11H11FN2O5/c12-6-2-1-3-7(15)10(6)11(19)14-4-8(16)13-5-9(17)18/h1-3,15H,4-5H2,(H,13,16)(H,14,19)(H,17,18). The number of carbonyl (C=O) groups is 3. The summed E-state index contributed by atoms with van der Waals surface area (Å²) in [5, 5.41) is 21.7. The van der Waals surface area contributed by atoms with Gasteiger partial charge in [-0.15, -0.1) is 0 Å². The Morgan fingerprint density at radius 3 is 2.42 bits per heavy atom. The second-order valence-electron chi connectivity index (χ2n) is 3.49. The molecule has 0 radical (unpaired) electrons. The first kappa shape index (κ1) is 14.4. The maximum absolute atomic E-state index is 13.3. The summed E-state index contributed by atoms with van der Waals surface area (Å²) < 4.78 is 13.3. The van der Waals surface area contributed by atoms with Crippen molar-refractivity contribution in [3.05, 3.63) is 29.6 Å². The van der Waals surface area contributed by atoms with Gasteiger partial charge in [0.15, 0.2) is 0 Å². The average Bonchev–Trinajstić information content (AvgIpc) is 2.33. The molecular weight excluding hydrogens is 259 g/mol. The fraction of sp³-hybridized carbons (Fsp3) is 0.182. The highest BCUT2D eigenvalue weighted by Crippen LogP contribution is 2.19. The van der Waals surface area contributed by atoms with Gasteiger partial charge in [-0.1, -0.05) is 6.07 Å². The molecule has 0 aliphatic heterocycles. The van der Waals surface area contributed by atoms with Gasteiger partial charge in [0.1, 0.15) is 23.7 Å². The normalized spacial score (nSPS) is 9.74. The van der Waals surface area contributed by atoms with Gasteiger partial charge < -0.3 is 20.8 Å². The van der Waals surface area contributed by atoms with Gasteiger partial charge in [-0.25, -0.2) is 4.39 Å². The average molecular weight is 270 g/mol. The van der Waals surface area contributed by atoms with Crippen LogP contribution in [0.5, 0.6) is 5.75 Å².